The first-order valence-electron chi connectivity index (χ1n) is 4.80. The van der Waals surface area contributed by atoms with Crippen molar-refractivity contribution in [2.24, 2.45) is 5.92 Å². The maximum atomic E-state index is 12.6. The summed E-state index contributed by atoms with van der Waals surface area (Å²) in [7, 11) is 0. The van der Waals surface area contributed by atoms with Gasteiger partial charge in [0, 0.05) is 0 Å². The molecule has 1 aliphatic rings. The van der Waals surface area contributed by atoms with Crippen LogP contribution in [0.1, 0.15) is 23.5 Å². The lowest BCUT2D eigenvalue weighted by atomic mass is 10.0. The average Bonchev–Trinajstić information content (AvgIpc) is 2.95. The van der Waals surface area contributed by atoms with E-state index in [1.165, 1.54) is 18.2 Å². The first kappa shape index (κ1) is 11.0. The van der Waals surface area contributed by atoms with Crippen LogP contribution in [-0.4, -0.2) is 11.1 Å². The van der Waals surface area contributed by atoms with Crippen LogP contribution in [-0.2, 0) is 11.0 Å². The van der Waals surface area contributed by atoms with Gasteiger partial charge in [0.15, 0.2) is 0 Å². The van der Waals surface area contributed by atoms with Gasteiger partial charge < -0.3 is 5.11 Å². The van der Waals surface area contributed by atoms with Crippen LogP contribution in [0.25, 0.3) is 0 Å². The summed E-state index contributed by atoms with van der Waals surface area (Å²) in [4.78, 5) is 10.6. The average molecular weight is 230 g/mol. The zero-order valence-corrected chi connectivity index (χ0v) is 8.16. The number of carbonyl (C=O) groups is 1. The lowest BCUT2D eigenvalue weighted by Gasteiger charge is -2.11. The molecular weight excluding hydrogens is 221 g/mol. The quantitative estimate of drug-likeness (QED) is 0.848. The number of rotatable bonds is 2. The molecule has 0 heterocycles. The second kappa shape index (κ2) is 3.50. The molecule has 1 N–H and O–H groups in total. The van der Waals surface area contributed by atoms with Crippen molar-refractivity contribution in [2.45, 2.75) is 18.5 Å². The molecule has 1 aliphatic carbocycles. The summed E-state index contributed by atoms with van der Waals surface area (Å²) in [5, 5.41) is 8.70. The molecule has 1 saturated carbocycles. The first-order valence-corrected chi connectivity index (χ1v) is 4.80. The molecule has 1 fully saturated rings. The van der Waals surface area contributed by atoms with Crippen LogP contribution in [0.15, 0.2) is 24.3 Å². The number of carboxylic acids is 1. The standard InChI is InChI=1S/C11H9F3O2/c12-11(13,14)9-4-2-1-3-6(9)7-5-8(7)10(15)16/h1-4,7-8H,5H2,(H,15,16)/t7?,8-/m0/s1. The van der Waals surface area contributed by atoms with E-state index in [1.54, 1.807) is 0 Å². The van der Waals surface area contributed by atoms with Crippen molar-refractivity contribution < 1.29 is 23.1 Å². The zero-order valence-electron chi connectivity index (χ0n) is 8.16. The van der Waals surface area contributed by atoms with Crippen molar-refractivity contribution in [1.82, 2.24) is 0 Å². The fourth-order valence-electron chi connectivity index (χ4n) is 1.89. The van der Waals surface area contributed by atoms with Gasteiger partial charge in [0.05, 0.1) is 11.5 Å². The van der Waals surface area contributed by atoms with E-state index < -0.39 is 29.5 Å². The lowest BCUT2D eigenvalue weighted by Crippen LogP contribution is -2.09. The van der Waals surface area contributed by atoms with Gasteiger partial charge in [-0.25, -0.2) is 0 Å². The number of carboxylic acid groups (broad SMARTS) is 1. The number of aliphatic carboxylic acids is 1. The van der Waals surface area contributed by atoms with Crippen LogP contribution in [0.2, 0.25) is 0 Å². The number of halogens is 3. The van der Waals surface area contributed by atoms with E-state index in [4.69, 9.17) is 5.11 Å². The Bertz CT molecular complexity index is 425. The summed E-state index contributed by atoms with van der Waals surface area (Å²) in [5.74, 6) is -2.18. The molecule has 0 aliphatic heterocycles. The molecule has 0 spiro atoms. The SMILES string of the molecule is O=C(O)[C@H]1CC1c1ccccc1C(F)(F)F. The number of hydrogen-bond donors (Lipinski definition) is 1. The van der Waals surface area contributed by atoms with Gasteiger partial charge in [-0.1, -0.05) is 18.2 Å². The van der Waals surface area contributed by atoms with Gasteiger partial charge in [0.1, 0.15) is 0 Å². The molecule has 1 unspecified atom stereocenters. The molecule has 0 aromatic heterocycles. The molecule has 0 amide bonds. The van der Waals surface area contributed by atoms with E-state index in [0.29, 0.717) is 6.42 Å². The smallest absolute Gasteiger partial charge is 0.416 e. The highest BCUT2D eigenvalue weighted by molar-refractivity contribution is 5.75. The second-order valence-electron chi connectivity index (χ2n) is 3.87. The predicted molar refractivity (Wildman–Crippen MR) is 49.9 cm³/mol. The first-order chi connectivity index (χ1) is 7.41. The third-order valence-corrected chi connectivity index (χ3v) is 2.77. The Labute approximate surface area is 89.7 Å². The molecule has 2 nitrogen and oxygen atoms in total. The van der Waals surface area contributed by atoms with E-state index in [-0.39, 0.29) is 5.56 Å². The van der Waals surface area contributed by atoms with E-state index in [1.807, 2.05) is 0 Å². The van der Waals surface area contributed by atoms with Crippen molar-refractivity contribution in [3.05, 3.63) is 35.4 Å². The van der Waals surface area contributed by atoms with E-state index >= 15 is 0 Å². The normalized spacial score (nSPS) is 24.2. The lowest BCUT2D eigenvalue weighted by molar-refractivity contribution is -0.140. The molecule has 1 aromatic carbocycles. The minimum absolute atomic E-state index is 0.0994. The summed E-state index contributed by atoms with van der Waals surface area (Å²) in [6.45, 7) is 0. The molecule has 0 saturated heterocycles. The molecule has 0 bridgehead atoms. The van der Waals surface area contributed by atoms with Crippen LogP contribution in [0.5, 0.6) is 0 Å². The van der Waals surface area contributed by atoms with Crippen molar-refractivity contribution in [1.29, 1.82) is 0 Å². The van der Waals surface area contributed by atoms with Crippen LogP contribution in [0, 0.1) is 5.92 Å². The van der Waals surface area contributed by atoms with Gasteiger partial charge in [-0.3, -0.25) is 4.79 Å². The van der Waals surface area contributed by atoms with Gasteiger partial charge >= 0.3 is 12.1 Å². The summed E-state index contributed by atoms with van der Waals surface area (Å²) in [5.41, 5.74) is -0.619. The Hall–Kier alpha value is -1.52. The highest BCUT2D eigenvalue weighted by Gasteiger charge is 2.47. The van der Waals surface area contributed by atoms with Crippen LogP contribution in [0.3, 0.4) is 0 Å². The third kappa shape index (κ3) is 1.89. The molecule has 0 radical (unpaired) electrons. The Balaban J connectivity index is 2.33. The fraction of sp³-hybridized carbons (Fsp3) is 0.364. The second-order valence-corrected chi connectivity index (χ2v) is 3.87. The molecule has 86 valence electrons. The summed E-state index contributed by atoms with van der Waals surface area (Å²) in [6.07, 6.45) is -4.12. The van der Waals surface area contributed by atoms with Gasteiger partial charge in [-0.15, -0.1) is 0 Å². The fourth-order valence-corrected chi connectivity index (χ4v) is 1.89. The Morgan fingerprint density at radius 1 is 1.31 bits per heavy atom. The maximum Gasteiger partial charge on any atom is 0.416 e. The Morgan fingerprint density at radius 3 is 2.44 bits per heavy atom. The van der Waals surface area contributed by atoms with E-state index in [9.17, 15) is 18.0 Å². The number of alkyl halides is 3. The largest absolute Gasteiger partial charge is 0.481 e. The van der Waals surface area contributed by atoms with Crippen LogP contribution < -0.4 is 0 Å². The highest BCUT2D eigenvalue weighted by atomic mass is 19.4. The number of hydrogen-bond acceptors (Lipinski definition) is 1. The highest BCUT2D eigenvalue weighted by Crippen LogP contribution is 2.50. The van der Waals surface area contributed by atoms with Crippen molar-refractivity contribution in [3.63, 3.8) is 0 Å². The minimum atomic E-state index is -4.41. The van der Waals surface area contributed by atoms with Gasteiger partial charge in [-0.2, -0.15) is 13.2 Å². The monoisotopic (exact) mass is 230 g/mol. The Morgan fingerprint density at radius 2 is 1.94 bits per heavy atom. The molecule has 2 rings (SSSR count). The summed E-state index contributed by atoms with van der Waals surface area (Å²) < 4.78 is 37.9. The van der Waals surface area contributed by atoms with Crippen molar-refractivity contribution in [3.8, 4) is 0 Å². The van der Waals surface area contributed by atoms with Crippen LogP contribution >= 0.6 is 0 Å². The van der Waals surface area contributed by atoms with Gasteiger partial charge in [-0.05, 0) is 24.0 Å². The summed E-state index contributed by atoms with van der Waals surface area (Å²) >= 11 is 0. The van der Waals surface area contributed by atoms with Crippen molar-refractivity contribution >= 4 is 5.97 Å². The number of benzene rings is 1. The van der Waals surface area contributed by atoms with Crippen molar-refractivity contribution in [2.75, 3.05) is 0 Å². The third-order valence-electron chi connectivity index (χ3n) is 2.77. The van der Waals surface area contributed by atoms with E-state index in [2.05, 4.69) is 0 Å². The van der Waals surface area contributed by atoms with Crippen LogP contribution in [0.4, 0.5) is 13.2 Å². The predicted octanol–water partition coefficient (Wildman–Crippen LogP) is 2.89. The molecule has 1 aromatic rings. The summed E-state index contributed by atoms with van der Waals surface area (Å²) in [6, 6.07) is 5.16. The molecular formula is C11H9F3O2. The maximum absolute atomic E-state index is 12.6. The minimum Gasteiger partial charge on any atom is -0.481 e. The molecule has 16 heavy (non-hydrogen) atoms. The molecule has 5 heteroatoms. The van der Waals surface area contributed by atoms with Gasteiger partial charge in [0.2, 0.25) is 0 Å². The topological polar surface area (TPSA) is 37.3 Å². The van der Waals surface area contributed by atoms with Gasteiger partial charge in [0.25, 0.3) is 0 Å². The van der Waals surface area contributed by atoms with E-state index in [0.717, 1.165) is 6.07 Å². The Kier molecular flexibility index (Phi) is 2.40. The zero-order chi connectivity index (χ0) is 11.9. The molecule has 2 atom stereocenters.